The van der Waals surface area contributed by atoms with Crippen LogP contribution in [0, 0.1) is 23.7 Å². The van der Waals surface area contributed by atoms with Crippen molar-refractivity contribution in [1.29, 1.82) is 0 Å². The highest BCUT2D eigenvalue weighted by atomic mass is 32.2. The Morgan fingerprint density at radius 3 is 1.96 bits per heavy atom. The third-order valence-electron chi connectivity index (χ3n) is 3.61. The number of nitrogens with two attached hydrogens (primary N) is 1. The normalized spacial score (nSPS) is 9.48. The zero-order chi connectivity index (χ0) is 17.5. The van der Waals surface area contributed by atoms with Gasteiger partial charge in [0, 0.05) is 32.8 Å². The van der Waals surface area contributed by atoms with Gasteiger partial charge >= 0.3 is 0 Å². The van der Waals surface area contributed by atoms with Gasteiger partial charge in [-0.05, 0) is 60.9 Å². The molecule has 0 spiro atoms. The van der Waals surface area contributed by atoms with Gasteiger partial charge in [-0.15, -0.1) is 11.8 Å². The van der Waals surface area contributed by atoms with E-state index in [2.05, 4.69) is 42.1 Å². The second-order valence-corrected chi connectivity index (χ2v) is 6.28. The largest absolute Gasteiger partial charge is 0.398 e. The fourth-order valence-corrected chi connectivity index (χ4v) is 2.64. The molecule has 0 atom stereocenters. The molecule has 0 saturated heterocycles. The average Bonchev–Trinajstić information content (AvgIpc) is 2.67. The molecule has 0 saturated carbocycles. The monoisotopic (exact) mass is 339 g/mol. The molecule has 3 rings (SSSR count). The van der Waals surface area contributed by atoms with Gasteiger partial charge in [-0.3, -0.25) is 0 Å². The molecule has 2 N–H and O–H groups in total. The molecular formula is C23H17NS. The van der Waals surface area contributed by atoms with Crippen LogP contribution in [0.25, 0.3) is 0 Å². The number of rotatable bonds is 1. The van der Waals surface area contributed by atoms with Gasteiger partial charge in [-0.1, -0.05) is 41.9 Å². The maximum atomic E-state index is 6.13. The summed E-state index contributed by atoms with van der Waals surface area (Å²) in [5.41, 5.74) is 10.4. The fraction of sp³-hybridized carbons (Fsp3) is 0.0435. The molecule has 0 aliphatic rings. The van der Waals surface area contributed by atoms with Crippen molar-refractivity contribution in [3.8, 4) is 23.7 Å². The first-order valence-corrected chi connectivity index (χ1v) is 9.10. The number of thioether (sulfide) groups is 1. The highest BCUT2D eigenvalue weighted by Gasteiger charge is 1.97. The zero-order valence-corrected chi connectivity index (χ0v) is 14.7. The zero-order valence-electron chi connectivity index (χ0n) is 13.9. The van der Waals surface area contributed by atoms with E-state index >= 15 is 0 Å². The van der Waals surface area contributed by atoms with Crippen LogP contribution < -0.4 is 5.73 Å². The Bertz CT molecular complexity index is 981. The maximum Gasteiger partial charge on any atom is 0.0485 e. The molecule has 0 aliphatic heterocycles. The average molecular weight is 339 g/mol. The van der Waals surface area contributed by atoms with E-state index < -0.39 is 0 Å². The minimum atomic E-state index is 0.646. The van der Waals surface area contributed by atoms with E-state index in [4.69, 9.17) is 5.73 Å². The van der Waals surface area contributed by atoms with Crippen molar-refractivity contribution in [2.45, 2.75) is 4.90 Å². The molecule has 2 heteroatoms. The van der Waals surface area contributed by atoms with Crippen molar-refractivity contribution in [1.82, 2.24) is 0 Å². The highest BCUT2D eigenvalue weighted by Crippen LogP contribution is 2.15. The number of hydrogen-bond acceptors (Lipinski definition) is 2. The molecular weight excluding hydrogens is 322 g/mol. The van der Waals surface area contributed by atoms with Crippen LogP contribution in [-0.2, 0) is 0 Å². The first-order chi connectivity index (χ1) is 12.2. The number of nitrogen functional groups attached to an aromatic ring is 1. The van der Waals surface area contributed by atoms with Crippen molar-refractivity contribution >= 4 is 17.4 Å². The topological polar surface area (TPSA) is 26.0 Å². The molecule has 0 fully saturated rings. The van der Waals surface area contributed by atoms with Crippen LogP contribution in [0.2, 0.25) is 0 Å². The van der Waals surface area contributed by atoms with Gasteiger partial charge in [0.2, 0.25) is 0 Å². The summed E-state index contributed by atoms with van der Waals surface area (Å²) in [4.78, 5) is 1.23. The van der Waals surface area contributed by atoms with E-state index in [1.165, 1.54) is 4.90 Å². The van der Waals surface area contributed by atoms with Crippen molar-refractivity contribution in [3.63, 3.8) is 0 Å². The van der Waals surface area contributed by atoms with E-state index in [9.17, 15) is 0 Å². The minimum Gasteiger partial charge on any atom is -0.398 e. The van der Waals surface area contributed by atoms with E-state index in [1.54, 1.807) is 11.8 Å². The number of benzene rings is 3. The van der Waals surface area contributed by atoms with Gasteiger partial charge in [0.05, 0.1) is 0 Å². The Kier molecular flexibility index (Phi) is 5.47. The summed E-state index contributed by atoms with van der Waals surface area (Å²) in [7, 11) is 0. The second-order valence-electron chi connectivity index (χ2n) is 5.40. The molecule has 0 radical (unpaired) electrons. The smallest absolute Gasteiger partial charge is 0.0485 e. The van der Waals surface area contributed by atoms with Gasteiger partial charge in [-0.25, -0.2) is 0 Å². The number of hydrogen-bond donors (Lipinski definition) is 1. The summed E-state index contributed by atoms with van der Waals surface area (Å²) in [6, 6.07) is 23.8. The lowest BCUT2D eigenvalue weighted by atomic mass is 10.1. The third-order valence-corrected chi connectivity index (χ3v) is 4.35. The van der Waals surface area contributed by atoms with E-state index in [0.29, 0.717) is 5.69 Å². The lowest BCUT2D eigenvalue weighted by Crippen LogP contribution is -1.91. The molecule has 0 aromatic heterocycles. The molecule has 0 unspecified atom stereocenters. The Hall–Kier alpha value is -3.07. The summed E-state index contributed by atoms with van der Waals surface area (Å²) in [6.07, 6.45) is 2.06. The molecule has 120 valence electrons. The SMILES string of the molecule is CSc1ccc(C#Cc2ccc(C#Cc3ccccc3)cc2N)cc1. The standard InChI is InChI=1S/C23H17NS/c1-25-22-15-11-19(12-16-22)9-13-21-14-10-20(17-23(21)24)8-7-18-5-3-2-4-6-18/h2-6,10-12,14-17H,24H2,1H3. The second kappa shape index (κ2) is 8.15. The van der Waals surface area contributed by atoms with E-state index in [-0.39, 0.29) is 0 Å². The summed E-state index contributed by atoms with van der Waals surface area (Å²) in [5, 5.41) is 0. The van der Waals surface area contributed by atoms with Crippen molar-refractivity contribution < 1.29 is 0 Å². The van der Waals surface area contributed by atoms with Crippen molar-refractivity contribution in [3.05, 3.63) is 95.1 Å². The maximum absolute atomic E-state index is 6.13. The van der Waals surface area contributed by atoms with Gasteiger partial charge in [0.15, 0.2) is 0 Å². The summed E-state index contributed by atoms with van der Waals surface area (Å²) >= 11 is 1.72. The quantitative estimate of drug-likeness (QED) is 0.392. The fourth-order valence-electron chi connectivity index (χ4n) is 2.23. The van der Waals surface area contributed by atoms with Gasteiger partial charge in [-0.2, -0.15) is 0 Å². The van der Waals surface area contributed by atoms with Crippen LogP contribution in [0.4, 0.5) is 5.69 Å². The van der Waals surface area contributed by atoms with Crippen molar-refractivity contribution in [2.75, 3.05) is 12.0 Å². The van der Waals surface area contributed by atoms with Gasteiger partial charge < -0.3 is 5.73 Å². The Balaban J connectivity index is 1.79. The highest BCUT2D eigenvalue weighted by molar-refractivity contribution is 7.98. The summed E-state index contributed by atoms with van der Waals surface area (Å²) in [6.45, 7) is 0. The van der Waals surface area contributed by atoms with Crippen molar-refractivity contribution in [2.24, 2.45) is 0 Å². The van der Waals surface area contributed by atoms with Crippen LogP contribution in [0.1, 0.15) is 22.3 Å². The molecule has 3 aromatic rings. The molecule has 0 amide bonds. The van der Waals surface area contributed by atoms with Crippen LogP contribution >= 0.6 is 11.8 Å². The summed E-state index contributed by atoms with van der Waals surface area (Å²) in [5.74, 6) is 12.6. The molecule has 0 aliphatic carbocycles. The first-order valence-electron chi connectivity index (χ1n) is 7.87. The number of anilines is 1. The Morgan fingerprint density at radius 2 is 1.28 bits per heavy atom. The van der Waals surface area contributed by atoms with E-state index in [0.717, 1.165) is 22.3 Å². The van der Waals surface area contributed by atoms with Crippen LogP contribution in [-0.4, -0.2) is 6.26 Å². The minimum absolute atomic E-state index is 0.646. The Morgan fingerprint density at radius 1 is 0.680 bits per heavy atom. The van der Waals surface area contributed by atoms with Gasteiger partial charge in [0.1, 0.15) is 0 Å². The lowest BCUT2D eigenvalue weighted by Gasteiger charge is -1.99. The third kappa shape index (κ3) is 4.70. The van der Waals surface area contributed by atoms with E-state index in [1.807, 2.05) is 60.7 Å². The molecule has 1 nitrogen and oxygen atoms in total. The predicted octanol–water partition coefficient (Wildman–Crippen LogP) is 4.79. The van der Waals surface area contributed by atoms with Gasteiger partial charge in [0.25, 0.3) is 0 Å². The predicted molar refractivity (Wildman–Crippen MR) is 107 cm³/mol. The summed E-state index contributed by atoms with van der Waals surface area (Å²) < 4.78 is 0. The molecule has 0 heterocycles. The first kappa shape index (κ1) is 16.8. The Labute approximate surface area is 153 Å². The van der Waals surface area contributed by atoms with Crippen LogP contribution in [0.5, 0.6) is 0 Å². The van der Waals surface area contributed by atoms with Crippen LogP contribution in [0.15, 0.2) is 77.7 Å². The molecule has 0 bridgehead atoms. The molecule has 3 aromatic carbocycles. The molecule has 25 heavy (non-hydrogen) atoms. The van der Waals surface area contributed by atoms with Crippen LogP contribution in [0.3, 0.4) is 0 Å². The lowest BCUT2D eigenvalue weighted by molar-refractivity contribution is 1.45.